The third kappa shape index (κ3) is 3.05. The fraction of sp³-hybridized carbons (Fsp3) is 0.462. The number of ether oxygens (including phenoxy) is 2. The van der Waals surface area contributed by atoms with Gasteiger partial charge in [-0.2, -0.15) is 0 Å². The molecule has 0 unspecified atom stereocenters. The average Bonchev–Trinajstić information content (AvgIpc) is 2.88. The highest BCUT2D eigenvalue weighted by molar-refractivity contribution is 5.68. The van der Waals surface area contributed by atoms with Crippen LogP contribution in [0.4, 0.5) is 0 Å². The Balaban J connectivity index is 2.05. The number of carbonyl (C=O) groups excluding carboxylic acids is 1. The molecule has 0 spiro atoms. The smallest absolute Gasteiger partial charge is 0.330 e. The molecule has 2 rings (SSSR count). The highest BCUT2D eigenvalue weighted by Gasteiger charge is 2.22. The quantitative estimate of drug-likeness (QED) is 0.630. The summed E-state index contributed by atoms with van der Waals surface area (Å²) in [7, 11) is 0. The van der Waals surface area contributed by atoms with E-state index in [0.29, 0.717) is 12.0 Å². The van der Waals surface area contributed by atoms with Gasteiger partial charge in [-0.3, -0.25) is 19.1 Å². The van der Waals surface area contributed by atoms with E-state index in [-0.39, 0.29) is 12.6 Å². The Kier molecular flexibility index (Phi) is 4.19. The largest absolute Gasteiger partial charge is 0.463 e. The molecule has 1 aromatic rings. The lowest BCUT2D eigenvalue weighted by Crippen LogP contribution is -2.33. The number of aryl methyl sites for hydroxylation is 1. The number of aromatic amines is 1. The molecule has 0 fully saturated rings. The van der Waals surface area contributed by atoms with E-state index in [1.54, 1.807) is 26.0 Å². The van der Waals surface area contributed by atoms with Crippen molar-refractivity contribution in [1.29, 1.82) is 0 Å². The number of H-pyrrole nitrogens is 1. The van der Waals surface area contributed by atoms with Gasteiger partial charge < -0.3 is 9.47 Å². The molecule has 1 aliphatic heterocycles. The molecule has 2 heterocycles. The van der Waals surface area contributed by atoms with E-state index in [1.807, 2.05) is 0 Å². The van der Waals surface area contributed by atoms with Gasteiger partial charge in [0.1, 0.15) is 12.7 Å². The van der Waals surface area contributed by atoms with Crippen molar-refractivity contribution in [3.8, 4) is 0 Å². The number of carbonyl (C=O) groups is 1. The molecule has 2 atom stereocenters. The molecule has 20 heavy (non-hydrogen) atoms. The lowest BCUT2D eigenvalue weighted by Gasteiger charge is -2.16. The molecule has 7 nitrogen and oxygen atoms in total. The summed E-state index contributed by atoms with van der Waals surface area (Å²) in [5.41, 5.74) is -0.537. The molecule has 7 heteroatoms. The maximum Gasteiger partial charge on any atom is 0.330 e. The Labute approximate surface area is 114 Å². The van der Waals surface area contributed by atoms with Crippen LogP contribution in [-0.2, 0) is 14.3 Å². The monoisotopic (exact) mass is 280 g/mol. The van der Waals surface area contributed by atoms with Crippen molar-refractivity contribution in [3.05, 3.63) is 44.8 Å². The molecule has 0 aliphatic carbocycles. The average molecular weight is 280 g/mol. The maximum atomic E-state index is 11.7. The maximum absolute atomic E-state index is 11.7. The fourth-order valence-electron chi connectivity index (χ4n) is 1.79. The second-order valence-electron chi connectivity index (χ2n) is 4.47. The van der Waals surface area contributed by atoms with Gasteiger partial charge in [-0.25, -0.2) is 4.79 Å². The van der Waals surface area contributed by atoms with Gasteiger partial charge in [0.2, 0.25) is 0 Å². The van der Waals surface area contributed by atoms with Crippen molar-refractivity contribution in [1.82, 2.24) is 9.55 Å². The summed E-state index contributed by atoms with van der Waals surface area (Å²) in [6.07, 6.45) is 4.15. The zero-order valence-corrected chi connectivity index (χ0v) is 11.3. The summed E-state index contributed by atoms with van der Waals surface area (Å²) >= 11 is 0. The minimum atomic E-state index is -0.608. The summed E-state index contributed by atoms with van der Waals surface area (Å²) in [6.45, 7) is 3.42. The molecular weight excluding hydrogens is 264 g/mol. The Morgan fingerprint density at radius 2 is 2.20 bits per heavy atom. The summed E-state index contributed by atoms with van der Waals surface area (Å²) in [6, 6.07) is 0. The van der Waals surface area contributed by atoms with Crippen LogP contribution >= 0.6 is 0 Å². The van der Waals surface area contributed by atoms with E-state index >= 15 is 0 Å². The number of hydrogen-bond donors (Lipinski definition) is 1. The predicted octanol–water partition coefficient (Wildman–Crippen LogP) is 0.252. The molecule has 0 radical (unpaired) electrons. The van der Waals surface area contributed by atoms with Gasteiger partial charge in [-0.15, -0.1) is 0 Å². The Morgan fingerprint density at radius 3 is 2.90 bits per heavy atom. The van der Waals surface area contributed by atoms with E-state index < -0.39 is 23.6 Å². The van der Waals surface area contributed by atoms with Crippen LogP contribution in [0.15, 0.2) is 27.9 Å². The normalized spacial score (nSPS) is 21.1. The van der Waals surface area contributed by atoms with Gasteiger partial charge in [0.05, 0.1) is 0 Å². The third-order valence-electron chi connectivity index (χ3n) is 2.92. The second kappa shape index (κ2) is 5.87. The lowest BCUT2D eigenvalue weighted by atomic mass is 10.3. The summed E-state index contributed by atoms with van der Waals surface area (Å²) in [5, 5.41) is 0. The first-order valence-electron chi connectivity index (χ1n) is 6.32. The van der Waals surface area contributed by atoms with Gasteiger partial charge in [0.25, 0.3) is 5.56 Å². The molecule has 1 N–H and O–H groups in total. The van der Waals surface area contributed by atoms with Gasteiger partial charge in [0.15, 0.2) is 6.23 Å². The SMILES string of the molecule is CCC(=O)OC[C@@H]1C=C[C@H](n2cc(C)c(=O)[nH]c2=O)O1. The van der Waals surface area contributed by atoms with Crippen LogP contribution in [0.5, 0.6) is 0 Å². The minimum absolute atomic E-state index is 0.108. The van der Waals surface area contributed by atoms with Crippen molar-refractivity contribution < 1.29 is 14.3 Å². The van der Waals surface area contributed by atoms with Gasteiger partial charge >= 0.3 is 11.7 Å². The van der Waals surface area contributed by atoms with Gasteiger partial charge in [0, 0.05) is 18.2 Å². The van der Waals surface area contributed by atoms with Crippen LogP contribution in [-0.4, -0.2) is 28.2 Å². The first-order chi connectivity index (χ1) is 9.51. The molecule has 0 aromatic carbocycles. The summed E-state index contributed by atoms with van der Waals surface area (Å²) in [5.74, 6) is -0.303. The van der Waals surface area contributed by atoms with E-state index in [4.69, 9.17) is 9.47 Å². The Morgan fingerprint density at radius 1 is 1.45 bits per heavy atom. The van der Waals surface area contributed by atoms with Crippen LogP contribution in [0.3, 0.4) is 0 Å². The van der Waals surface area contributed by atoms with Crippen molar-refractivity contribution in [2.75, 3.05) is 6.61 Å². The number of nitrogens with zero attached hydrogens (tertiary/aromatic N) is 1. The molecule has 0 amide bonds. The molecule has 1 aromatic heterocycles. The highest BCUT2D eigenvalue weighted by Crippen LogP contribution is 2.19. The number of hydrogen-bond acceptors (Lipinski definition) is 5. The van der Waals surface area contributed by atoms with Crippen molar-refractivity contribution in [3.63, 3.8) is 0 Å². The molecule has 0 saturated carbocycles. The Bertz CT molecular complexity index is 643. The topological polar surface area (TPSA) is 90.4 Å². The first-order valence-corrected chi connectivity index (χ1v) is 6.32. The zero-order chi connectivity index (χ0) is 14.7. The fourth-order valence-corrected chi connectivity index (χ4v) is 1.79. The standard InChI is InChI=1S/C13H16N2O5/c1-3-11(16)19-7-9-4-5-10(20-9)15-6-8(2)12(17)14-13(15)18/h4-6,9-10H,3,7H2,1-2H3,(H,14,17,18)/t9-,10+/m0/s1. The van der Waals surface area contributed by atoms with E-state index in [2.05, 4.69) is 4.98 Å². The zero-order valence-electron chi connectivity index (χ0n) is 11.3. The molecule has 0 bridgehead atoms. The highest BCUT2D eigenvalue weighted by atomic mass is 16.6. The van der Waals surface area contributed by atoms with Crippen LogP contribution in [0, 0.1) is 6.92 Å². The first kappa shape index (κ1) is 14.3. The van der Waals surface area contributed by atoms with Crippen LogP contribution in [0.1, 0.15) is 25.1 Å². The second-order valence-corrected chi connectivity index (χ2v) is 4.47. The molecular formula is C13H16N2O5. The molecule has 0 saturated heterocycles. The Hall–Kier alpha value is -2.15. The number of aromatic nitrogens is 2. The third-order valence-corrected chi connectivity index (χ3v) is 2.92. The van der Waals surface area contributed by atoms with E-state index in [0.717, 1.165) is 0 Å². The van der Waals surface area contributed by atoms with E-state index in [9.17, 15) is 14.4 Å². The lowest BCUT2D eigenvalue weighted by molar-refractivity contribution is -0.147. The number of esters is 1. The van der Waals surface area contributed by atoms with Crippen LogP contribution < -0.4 is 11.2 Å². The van der Waals surface area contributed by atoms with Gasteiger partial charge in [-0.1, -0.05) is 13.0 Å². The van der Waals surface area contributed by atoms with Crippen LogP contribution in [0.2, 0.25) is 0 Å². The molecule has 1 aliphatic rings. The number of nitrogens with one attached hydrogen (secondary N) is 1. The van der Waals surface area contributed by atoms with Crippen LogP contribution in [0.25, 0.3) is 0 Å². The molecule has 108 valence electrons. The minimum Gasteiger partial charge on any atom is -0.463 e. The summed E-state index contributed by atoms with van der Waals surface area (Å²) in [4.78, 5) is 36.3. The number of rotatable bonds is 4. The van der Waals surface area contributed by atoms with Gasteiger partial charge in [-0.05, 0) is 13.0 Å². The van der Waals surface area contributed by atoms with Crippen molar-refractivity contribution >= 4 is 5.97 Å². The van der Waals surface area contributed by atoms with E-state index in [1.165, 1.54) is 10.8 Å². The summed E-state index contributed by atoms with van der Waals surface area (Å²) < 4.78 is 11.8. The van der Waals surface area contributed by atoms with Crippen molar-refractivity contribution in [2.45, 2.75) is 32.6 Å². The van der Waals surface area contributed by atoms with Crippen molar-refractivity contribution in [2.24, 2.45) is 0 Å². The predicted molar refractivity (Wildman–Crippen MR) is 70.4 cm³/mol.